The predicted molar refractivity (Wildman–Crippen MR) is 156 cm³/mol. The molecule has 40 heavy (non-hydrogen) atoms. The van der Waals surface area contributed by atoms with Crippen LogP contribution in [0.4, 0.5) is 5.69 Å². The number of ether oxygens (including phenoxy) is 1. The second-order valence-electron chi connectivity index (χ2n) is 9.78. The fraction of sp³-hybridized carbons (Fsp3) is 0.333. The number of carbonyl (C=O) groups is 2. The van der Waals surface area contributed by atoms with E-state index in [9.17, 15) is 9.59 Å². The summed E-state index contributed by atoms with van der Waals surface area (Å²) < 4.78 is 13.5. The molecule has 0 radical (unpaired) electrons. The van der Waals surface area contributed by atoms with Crippen LogP contribution >= 0.6 is 0 Å². The number of benzene rings is 2. The first-order chi connectivity index (χ1) is 19.3. The Bertz CT molecular complexity index is 1490. The van der Waals surface area contributed by atoms with E-state index in [4.69, 9.17) is 9.15 Å². The summed E-state index contributed by atoms with van der Waals surface area (Å²) in [7, 11) is 6.94. The first kappa shape index (κ1) is 28.4. The molecule has 1 N–H and O–H groups in total. The zero-order valence-corrected chi connectivity index (χ0v) is 23.7. The Balaban J connectivity index is 0.000000681. The molecule has 0 spiro atoms. The van der Waals surface area contributed by atoms with Crippen molar-refractivity contribution >= 4 is 34.5 Å². The van der Waals surface area contributed by atoms with Gasteiger partial charge in [0.15, 0.2) is 0 Å². The van der Waals surface area contributed by atoms with Gasteiger partial charge in [0.1, 0.15) is 17.1 Å². The van der Waals surface area contributed by atoms with E-state index in [2.05, 4.69) is 46.0 Å². The maximum absolute atomic E-state index is 12.9. The van der Waals surface area contributed by atoms with Crippen LogP contribution in [-0.4, -0.2) is 78.5 Å². The number of nitrogens with zero attached hydrogens (tertiary/aromatic N) is 5. The van der Waals surface area contributed by atoms with Gasteiger partial charge in [0.2, 0.25) is 12.3 Å². The minimum Gasteiger partial charge on any atom is -0.496 e. The Morgan fingerprint density at radius 3 is 2.67 bits per heavy atom. The van der Waals surface area contributed by atoms with E-state index >= 15 is 0 Å². The molecule has 0 atom stereocenters. The molecular formula is C30H36N6O4. The summed E-state index contributed by atoms with van der Waals surface area (Å²) >= 11 is 0. The zero-order valence-electron chi connectivity index (χ0n) is 23.7. The van der Waals surface area contributed by atoms with Crippen molar-refractivity contribution in [3.63, 3.8) is 0 Å². The van der Waals surface area contributed by atoms with Crippen molar-refractivity contribution in [2.75, 3.05) is 46.7 Å². The first-order valence-electron chi connectivity index (χ1n) is 13.2. The van der Waals surface area contributed by atoms with Gasteiger partial charge in [-0.3, -0.25) is 14.3 Å². The van der Waals surface area contributed by atoms with E-state index in [1.165, 1.54) is 4.90 Å². The first-order valence-corrected chi connectivity index (χ1v) is 13.2. The number of furan rings is 1. The van der Waals surface area contributed by atoms with Crippen LogP contribution in [0.1, 0.15) is 24.2 Å². The van der Waals surface area contributed by atoms with Gasteiger partial charge in [-0.05, 0) is 54.8 Å². The third-order valence-corrected chi connectivity index (χ3v) is 6.63. The van der Waals surface area contributed by atoms with E-state index < -0.39 is 0 Å². The van der Waals surface area contributed by atoms with Crippen LogP contribution in [0.2, 0.25) is 0 Å². The van der Waals surface area contributed by atoms with Gasteiger partial charge in [-0.15, -0.1) is 5.10 Å². The molecule has 1 aliphatic rings. The molecular weight excluding hydrogens is 508 g/mol. The number of rotatable bonds is 8. The number of aromatic nitrogens is 3. The van der Waals surface area contributed by atoms with Crippen LogP contribution in [0, 0.1) is 6.92 Å². The van der Waals surface area contributed by atoms with Crippen molar-refractivity contribution in [3.8, 4) is 16.9 Å². The Kier molecular flexibility index (Phi) is 9.21. The molecule has 0 unspecified atom stereocenters. The molecule has 2 aromatic carbocycles. The van der Waals surface area contributed by atoms with E-state index in [0.717, 1.165) is 69.8 Å². The summed E-state index contributed by atoms with van der Waals surface area (Å²) in [6, 6.07) is 12.4. The van der Waals surface area contributed by atoms with Crippen molar-refractivity contribution in [1.82, 2.24) is 24.8 Å². The fourth-order valence-electron chi connectivity index (χ4n) is 4.62. The van der Waals surface area contributed by atoms with Crippen LogP contribution in [0.5, 0.6) is 5.75 Å². The molecule has 3 heterocycles. The van der Waals surface area contributed by atoms with E-state index in [1.807, 2.05) is 31.0 Å². The lowest BCUT2D eigenvalue weighted by molar-refractivity contribution is -0.131. The standard InChI is InChI=1S/C27H29N5O3.C3H7NO/c1-18-13-21-14-20(15-24(27(21)35-18)23-7-6-22(28-2)16-25(23)34-3)19-5-4-10-31(17-19)26(33)8-11-32-12-9-29-30-32;1-4(2)3-5/h5-7,9,12-16,28H,4,8,10-11,17H2,1-3H3;3H,1-2H3. The van der Waals surface area contributed by atoms with Crippen LogP contribution in [-0.2, 0) is 16.1 Å². The number of methoxy groups -OCH3 is 1. The molecule has 0 bridgehead atoms. The molecule has 0 saturated carbocycles. The Morgan fingerprint density at radius 2 is 2.00 bits per heavy atom. The van der Waals surface area contributed by atoms with Crippen LogP contribution in [0.25, 0.3) is 27.7 Å². The van der Waals surface area contributed by atoms with Crippen molar-refractivity contribution in [3.05, 3.63) is 66.2 Å². The third kappa shape index (κ3) is 6.69. The minimum absolute atomic E-state index is 0.121. The van der Waals surface area contributed by atoms with Crippen molar-refractivity contribution in [1.29, 1.82) is 0 Å². The average Bonchev–Trinajstić information content (AvgIpc) is 3.64. The molecule has 1 aliphatic heterocycles. The van der Waals surface area contributed by atoms with Gasteiger partial charge in [-0.1, -0.05) is 11.3 Å². The van der Waals surface area contributed by atoms with Gasteiger partial charge in [0.05, 0.1) is 19.9 Å². The quantitative estimate of drug-likeness (QED) is 0.327. The highest BCUT2D eigenvalue weighted by Gasteiger charge is 2.22. The summed E-state index contributed by atoms with van der Waals surface area (Å²) in [5, 5.41) is 11.9. The maximum atomic E-state index is 12.9. The second-order valence-corrected chi connectivity index (χ2v) is 9.78. The van der Waals surface area contributed by atoms with E-state index in [-0.39, 0.29) is 5.91 Å². The monoisotopic (exact) mass is 544 g/mol. The molecule has 210 valence electrons. The summed E-state index contributed by atoms with van der Waals surface area (Å²) in [5.74, 6) is 1.74. The highest BCUT2D eigenvalue weighted by molar-refractivity contribution is 5.98. The number of carbonyl (C=O) groups excluding carboxylic acids is 2. The summed E-state index contributed by atoms with van der Waals surface area (Å²) in [6.07, 6.45) is 7.61. The number of hydrogen-bond acceptors (Lipinski definition) is 7. The summed E-state index contributed by atoms with van der Waals surface area (Å²) in [5.41, 5.74) is 5.97. The van der Waals surface area contributed by atoms with E-state index in [0.29, 0.717) is 19.5 Å². The van der Waals surface area contributed by atoms with Crippen molar-refractivity contribution in [2.45, 2.75) is 26.3 Å². The molecule has 2 aromatic heterocycles. The lowest BCUT2D eigenvalue weighted by Gasteiger charge is -2.28. The highest BCUT2D eigenvalue weighted by Crippen LogP contribution is 2.40. The fourth-order valence-corrected chi connectivity index (χ4v) is 4.62. The maximum Gasteiger partial charge on any atom is 0.224 e. The molecule has 5 rings (SSSR count). The molecule has 0 saturated heterocycles. The number of nitrogens with one attached hydrogen (secondary N) is 1. The number of anilines is 1. The average molecular weight is 545 g/mol. The lowest BCUT2D eigenvalue weighted by atomic mass is 9.94. The minimum atomic E-state index is 0.121. The van der Waals surface area contributed by atoms with Crippen LogP contribution in [0.15, 0.2) is 59.3 Å². The molecule has 0 fully saturated rings. The van der Waals surface area contributed by atoms with Gasteiger partial charge >= 0.3 is 0 Å². The second kappa shape index (κ2) is 13.0. The normalized spacial score (nSPS) is 12.8. The summed E-state index contributed by atoms with van der Waals surface area (Å²) in [6.45, 7) is 3.79. The number of amides is 2. The smallest absolute Gasteiger partial charge is 0.224 e. The summed E-state index contributed by atoms with van der Waals surface area (Å²) in [4.78, 5) is 25.7. The number of fused-ring (bicyclic) bond motifs is 1. The molecule has 10 heteroatoms. The molecule has 10 nitrogen and oxygen atoms in total. The Morgan fingerprint density at radius 1 is 1.20 bits per heavy atom. The Hall–Kier alpha value is -4.60. The van der Waals surface area contributed by atoms with Gasteiger partial charge in [0.25, 0.3) is 0 Å². The van der Waals surface area contributed by atoms with Gasteiger partial charge in [0, 0.05) is 75.1 Å². The third-order valence-electron chi connectivity index (χ3n) is 6.63. The topological polar surface area (TPSA) is 106 Å². The largest absolute Gasteiger partial charge is 0.496 e. The lowest BCUT2D eigenvalue weighted by Crippen LogP contribution is -2.35. The van der Waals surface area contributed by atoms with Crippen molar-refractivity contribution in [2.24, 2.45) is 0 Å². The van der Waals surface area contributed by atoms with Gasteiger partial charge < -0.3 is 24.3 Å². The predicted octanol–water partition coefficient (Wildman–Crippen LogP) is 4.46. The van der Waals surface area contributed by atoms with Gasteiger partial charge in [-0.2, -0.15) is 0 Å². The SMILES string of the molecule is CN(C)C=O.CNc1ccc(-c2cc(C3=CCCN(C(=O)CCn4ccnn4)C3)cc3cc(C)oc23)c(OC)c1. The van der Waals surface area contributed by atoms with Crippen LogP contribution < -0.4 is 10.1 Å². The van der Waals surface area contributed by atoms with Crippen molar-refractivity contribution < 1.29 is 18.7 Å². The molecule has 2 amide bonds. The Labute approximate surface area is 234 Å². The highest BCUT2D eigenvalue weighted by atomic mass is 16.5. The molecule has 0 aliphatic carbocycles. The molecule has 4 aromatic rings. The van der Waals surface area contributed by atoms with Gasteiger partial charge in [-0.25, -0.2) is 0 Å². The number of hydrogen-bond donors (Lipinski definition) is 1. The zero-order chi connectivity index (χ0) is 28.6. The van der Waals surface area contributed by atoms with Crippen LogP contribution in [0.3, 0.4) is 0 Å². The number of aryl methyl sites for hydroxylation is 2. The van der Waals surface area contributed by atoms with E-state index in [1.54, 1.807) is 38.3 Å².